The summed E-state index contributed by atoms with van der Waals surface area (Å²) in [5, 5.41) is 3.35. The molecule has 5 nitrogen and oxygen atoms in total. The van der Waals surface area contributed by atoms with Crippen molar-refractivity contribution >= 4 is 5.91 Å². The molecule has 0 spiro atoms. The maximum atomic E-state index is 12.6. The molecule has 3 fully saturated rings. The van der Waals surface area contributed by atoms with Crippen LogP contribution in [0.3, 0.4) is 0 Å². The summed E-state index contributed by atoms with van der Waals surface area (Å²) in [7, 11) is 4.19. The zero-order valence-corrected chi connectivity index (χ0v) is 16.8. The van der Waals surface area contributed by atoms with E-state index in [2.05, 4.69) is 48.0 Å². The van der Waals surface area contributed by atoms with Gasteiger partial charge in [0.25, 0.3) is 0 Å². The lowest BCUT2D eigenvalue weighted by Crippen LogP contribution is -2.60. The fraction of sp³-hybridized carbons (Fsp3) is 0.950. The minimum Gasteiger partial charge on any atom is -0.354 e. The minimum atomic E-state index is 0.227. The zero-order chi connectivity index (χ0) is 18.0. The number of rotatable bonds is 7. The highest BCUT2D eigenvalue weighted by molar-refractivity contribution is 5.81. The molecule has 0 unspecified atom stereocenters. The van der Waals surface area contributed by atoms with Gasteiger partial charge in [0.1, 0.15) is 0 Å². The fourth-order valence-corrected chi connectivity index (χ4v) is 4.97. The summed E-state index contributed by atoms with van der Waals surface area (Å²) in [5.74, 6) is 1.14. The molecule has 2 saturated carbocycles. The zero-order valence-electron chi connectivity index (χ0n) is 16.8. The summed E-state index contributed by atoms with van der Waals surface area (Å²) in [6.45, 7) is 11.1. The van der Waals surface area contributed by atoms with Crippen molar-refractivity contribution in [1.82, 2.24) is 20.0 Å². The summed E-state index contributed by atoms with van der Waals surface area (Å²) in [5.41, 5.74) is 0.227. The molecule has 0 aromatic heterocycles. The molecule has 1 amide bonds. The summed E-state index contributed by atoms with van der Waals surface area (Å²) >= 11 is 0. The third kappa shape index (κ3) is 4.55. The van der Waals surface area contributed by atoms with Gasteiger partial charge in [-0.15, -0.1) is 0 Å². The second-order valence-corrected chi connectivity index (χ2v) is 9.13. The molecule has 1 N–H and O–H groups in total. The number of nitrogens with zero attached hydrogens (tertiary/aromatic N) is 3. The Kier molecular flexibility index (Phi) is 6.07. The molecule has 1 heterocycles. The Labute approximate surface area is 154 Å². The fourth-order valence-electron chi connectivity index (χ4n) is 4.97. The number of piperazine rings is 1. The summed E-state index contributed by atoms with van der Waals surface area (Å²) in [4.78, 5) is 20.0. The van der Waals surface area contributed by atoms with E-state index < -0.39 is 0 Å². The van der Waals surface area contributed by atoms with Crippen LogP contribution in [0.2, 0.25) is 0 Å². The summed E-state index contributed by atoms with van der Waals surface area (Å²) < 4.78 is 0. The van der Waals surface area contributed by atoms with Crippen LogP contribution in [0.4, 0.5) is 0 Å². The molecule has 25 heavy (non-hydrogen) atoms. The molecule has 0 bridgehead atoms. The van der Waals surface area contributed by atoms with Crippen molar-refractivity contribution in [2.75, 3.05) is 53.4 Å². The van der Waals surface area contributed by atoms with E-state index in [0.717, 1.165) is 32.6 Å². The molecular weight excluding hydrogens is 312 g/mol. The normalized spacial score (nSPS) is 30.2. The molecular formula is C20H38N4O. The molecule has 1 aliphatic heterocycles. The highest BCUT2D eigenvalue weighted by Gasteiger charge is 2.45. The quantitative estimate of drug-likeness (QED) is 0.758. The van der Waals surface area contributed by atoms with Crippen LogP contribution < -0.4 is 5.32 Å². The standard InChI is InChI=1S/C20H38N4O/c1-16(2)23-9-11-24(12-10-23)20(7-5-6-8-20)15-21-19(25)18-13-17(18)14-22(3)4/h16-18H,5-15H2,1-4H3,(H,21,25)/t17-,18-/m1/s1. The smallest absolute Gasteiger partial charge is 0.223 e. The molecule has 0 aromatic rings. The average Bonchev–Trinajstić information content (AvgIpc) is 3.17. The van der Waals surface area contributed by atoms with E-state index in [1.165, 1.54) is 38.8 Å². The van der Waals surface area contributed by atoms with E-state index in [1.54, 1.807) is 0 Å². The lowest BCUT2D eigenvalue weighted by atomic mass is 9.93. The van der Waals surface area contributed by atoms with Gasteiger partial charge in [0.05, 0.1) is 0 Å². The molecule has 3 rings (SSSR count). The molecule has 1 saturated heterocycles. The highest BCUT2D eigenvalue weighted by atomic mass is 16.2. The van der Waals surface area contributed by atoms with Gasteiger partial charge in [-0.2, -0.15) is 0 Å². The SMILES string of the molecule is CC(C)N1CCN(C2(CNC(=O)[C@@H]3C[C@@H]3CN(C)C)CCCC2)CC1. The Bertz CT molecular complexity index is 451. The monoisotopic (exact) mass is 350 g/mol. The molecule has 5 heteroatoms. The number of hydrogen-bond donors (Lipinski definition) is 1. The predicted molar refractivity (Wildman–Crippen MR) is 103 cm³/mol. The van der Waals surface area contributed by atoms with Gasteiger partial charge < -0.3 is 10.2 Å². The number of hydrogen-bond acceptors (Lipinski definition) is 4. The average molecular weight is 351 g/mol. The number of carbonyl (C=O) groups is 1. The Morgan fingerprint density at radius 1 is 1.16 bits per heavy atom. The van der Waals surface area contributed by atoms with E-state index in [0.29, 0.717) is 17.9 Å². The predicted octanol–water partition coefficient (Wildman–Crippen LogP) is 1.64. The van der Waals surface area contributed by atoms with Crippen LogP contribution in [0.5, 0.6) is 0 Å². The molecule has 0 radical (unpaired) electrons. The van der Waals surface area contributed by atoms with Crippen LogP contribution in [-0.2, 0) is 4.79 Å². The largest absolute Gasteiger partial charge is 0.354 e. The molecule has 144 valence electrons. The summed E-state index contributed by atoms with van der Waals surface area (Å²) in [6.07, 6.45) is 6.20. The first-order valence-corrected chi connectivity index (χ1v) is 10.3. The van der Waals surface area contributed by atoms with Gasteiger partial charge in [-0.3, -0.25) is 14.6 Å². The van der Waals surface area contributed by atoms with Crippen LogP contribution >= 0.6 is 0 Å². The molecule has 2 atom stereocenters. The van der Waals surface area contributed by atoms with E-state index in [9.17, 15) is 4.79 Å². The lowest BCUT2D eigenvalue weighted by Gasteiger charge is -2.47. The number of carbonyl (C=O) groups excluding carboxylic acids is 1. The third-order valence-corrected chi connectivity index (χ3v) is 6.70. The highest BCUT2D eigenvalue weighted by Crippen LogP contribution is 2.40. The van der Waals surface area contributed by atoms with E-state index in [4.69, 9.17) is 0 Å². The van der Waals surface area contributed by atoms with Crippen LogP contribution in [0.1, 0.15) is 46.0 Å². The van der Waals surface area contributed by atoms with Crippen LogP contribution in [-0.4, -0.2) is 85.6 Å². The van der Waals surface area contributed by atoms with Gasteiger partial charge in [-0.25, -0.2) is 0 Å². The first-order valence-electron chi connectivity index (χ1n) is 10.3. The Morgan fingerprint density at radius 2 is 1.80 bits per heavy atom. The maximum absolute atomic E-state index is 12.6. The molecule has 0 aromatic carbocycles. The second kappa shape index (κ2) is 7.93. The van der Waals surface area contributed by atoms with Crippen LogP contribution in [0.25, 0.3) is 0 Å². The first kappa shape index (κ1) is 19.1. The molecule has 3 aliphatic rings. The minimum absolute atomic E-state index is 0.227. The van der Waals surface area contributed by atoms with E-state index >= 15 is 0 Å². The topological polar surface area (TPSA) is 38.8 Å². The van der Waals surface area contributed by atoms with Gasteiger partial charge in [0, 0.05) is 56.8 Å². The Balaban J connectivity index is 1.51. The number of nitrogens with one attached hydrogen (secondary N) is 1. The van der Waals surface area contributed by atoms with E-state index in [1.807, 2.05) is 0 Å². The van der Waals surface area contributed by atoms with Gasteiger partial charge in [-0.1, -0.05) is 12.8 Å². The van der Waals surface area contributed by atoms with Crippen molar-refractivity contribution in [2.24, 2.45) is 11.8 Å². The number of amides is 1. The maximum Gasteiger partial charge on any atom is 0.223 e. The van der Waals surface area contributed by atoms with Gasteiger partial charge in [0.15, 0.2) is 0 Å². The molecule has 2 aliphatic carbocycles. The third-order valence-electron chi connectivity index (χ3n) is 6.70. The second-order valence-electron chi connectivity index (χ2n) is 9.13. The van der Waals surface area contributed by atoms with Gasteiger partial charge >= 0.3 is 0 Å². The lowest BCUT2D eigenvalue weighted by molar-refractivity contribution is -0.123. The summed E-state index contributed by atoms with van der Waals surface area (Å²) in [6, 6.07) is 0.643. The van der Waals surface area contributed by atoms with Crippen molar-refractivity contribution in [2.45, 2.75) is 57.5 Å². The van der Waals surface area contributed by atoms with Crippen molar-refractivity contribution in [3.63, 3.8) is 0 Å². The Hall–Kier alpha value is -0.650. The first-order chi connectivity index (χ1) is 11.9. The van der Waals surface area contributed by atoms with E-state index in [-0.39, 0.29) is 11.5 Å². The van der Waals surface area contributed by atoms with Crippen molar-refractivity contribution in [1.29, 1.82) is 0 Å². The van der Waals surface area contributed by atoms with Gasteiger partial charge in [-0.05, 0) is 53.1 Å². The Morgan fingerprint density at radius 3 is 2.36 bits per heavy atom. The van der Waals surface area contributed by atoms with Crippen molar-refractivity contribution < 1.29 is 4.79 Å². The van der Waals surface area contributed by atoms with Gasteiger partial charge in [0.2, 0.25) is 5.91 Å². The van der Waals surface area contributed by atoms with Crippen LogP contribution in [0, 0.1) is 11.8 Å². The van der Waals surface area contributed by atoms with Crippen molar-refractivity contribution in [3.05, 3.63) is 0 Å². The van der Waals surface area contributed by atoms with Crippen molar-refractivity contribution in [3.8, 4) is 0 Å². The van der Waals surface area contributed by atoms with Crippen LogP contribution in [0.15, 0.2) is 0 Å².